The standard InChI is InChI=1S/C8H17NO/c1-4-5-7(9)8(3)6(2)10-8/h6-7H,4-5,9H2,1-3H3. The van der Waals surface area contributed by atoms with Crippen LogP contribution in [0.1, 0.15) is 33.6 Å². The quantitative estimate of drug-likeness (QED) is 0.605. The van der Waals surface area contributed by atoms with Gasteiger partial charge in [-0.15, -0.1) is 0 Å². The van der Waals surface area contributed by atoms with Crippen molar-refractivity contribution in [3.8, 4) is 0 Å². The molecule has 2 N–H and O–H groups in total. The van der Waals surface area contributed by atoms with Gasteiger partial charge < -0.3 is 10.5 Å². The molecule has 0 aromatic rings. The van der Waals surface area contributed by atoms with Crippen LogP contribution in [0.3, 0.4) is 0 Å². The molecule has 3 atom stereocenters. The van der Waals surface area contributed by atoms with E-state index in [9.17, 15) is 0 Å². The smallest absolute Gasteiger partial charge is 0.107 e. The Morgan fingerprint density at radius 3 is 2.50 bits per heavy atom. The molecule has 60 valence electrons. The Morgan fingerprint density at radius 2 is 2.20 bits per heavy atom. The summed E-state index contributed by atoms with van der Waals surface area (Å²) in [5.41, 5.74) is 5.89. The van der Waals surface area contributed by atoms with Crippen LogP contribution in [-0.4, -0.2) is 17.7 Å². The van der Waals surface area contributed by atoms with Gasteiger partial charge in [0, 0.05) is 6.04 Å². The third-order valence-corrected chi connectivity index (χ3v) is 2.52. The summed E-state index contributed by atoms with van der Waals surface area (Å²) in [5, 5.41) is 0. The van der Waals surface area contributed by atoms with Crippen molar-refractivity contribution in [3.63, 3.8) is 0 Å². The maximum Gasteiger partial charge on any atom is 0.107 e. The van der Waals surface area contributed by atoms with Crippen LogP contribution < -0.4 is 5.73 Å². The van der Waals surface area contributed by atoms with E-state index >= 15 is 0 Å². The first-order valence-electron chi connectivity index (χ1n) is 4.04. The fourth-order valence-corrected chi connectivity index (χ4v) is 1.33. The summed E-state index contributed by atoms with van der Waals surface area (Å²) < 4.78 is 5.39. The molecule has 3 unspecified atom stereocenters. The minimum atomic E-state index is -0.00396. The van der Waals surface area contributed by atoms with E-state index in [1.54, 1.807) is 0 Å². The van der Waals surface area contributed by atoms with Crippen LogP contribution in [0.15, 0.2) is 0 Å². The average Bonchev–Trinajstić information content (AvgIpc) is 2.43. The molecule has 10 heavy (non-hydrogen) atoms. The fraction of sp³-hybridized carbons (Fsp3) is 1.00. The molecular weight excluding hydrogens is 126 g/mol. The second-order valence-electron chi connectivity index (χ2n) is 3.34. The molecule has 1 rings (SSSR count). The van der Waals surface area contributed by atoms with Crippen LogP contribution >= 0.6 is 0 Å². The van der Waals surface area contributed by atoms with Crippen LogP contribution in [0.5, 0.6) is 0 Å². The second-order valence-corrected chi connectivity index (χ2v) is 3.34. The highest BCUT2D eigenvalue weighted by atomic mass is 16.6. The molecule has 2 nitrogen and oxygen atoms in total. The molecule has 0 radical (unpaired) electrons. The molecule has 1 fully saturated rings. The van der Waals surface area contributed by atoms with Crippen LogP contribution in [-0.2, 0) is 4.74 Å². The van der Waals surface area contributed by atoms with Crippen molar-refractivity contribution >= 4 is 0 Å². The highest BCUT2D eigenvalue weighted by molar-refractivity contribution is 5.03. The van der Waals surface area contributed by atoms with Gasteiger partial charge in [-0.25, -0.2) is 0 Å². The highest BCUT2D eigenvalue weighted by Gasteiger charge is 2.52. The summed E-state index contributed by atoms with van der Waals surface area (Å²) in [6, 6.07) is 0.229. The lowest BCUT2D eigenvalue weighted by Crippen LogP contribution is -2.36. The first-order chi connectivity index (χ1) is 4.61. The molecule has 0 saturated carbocycles. The lowest BCUT2D eigenvalue weighted by Gasteiger charge is -2.14. The first kappa shape index (κ1) is 8.02. The number of nitrogens with two attached hydrogens (primary N) is 1. The van der Waals surface area contributed by atoms with Gasteiger partial charge in [0.15, 0.2) is 0 Å². The third-order valence-electron chi connectivity index (χ3n) is 2.52. The lowest BCUT2D eigenvalue weighted by atomic mass is 9.96. The predicted octanol–water partition coefficient (Wildman–Crippen LogP) is 1.29. The maximum atomic E-state index is 5.89. The van der Waals surface area contributed by atoms with Gasteiger partial charge in [0.2, 0.25) is 0 Å². The Labute approximate surface area is 62.7 Å². The Kier molecular flexibility index (Phi) is 2.02. The Hall–Kier alpha value is -0.0800. The number of epoxide rings is 1. The van der Waals surface area contributed by atoms with E-state index in [1.165, 1.54) is 0 Å². The normalized spacial score (nSPS) is 41.4. The number of hydrogen-bond donors (Lipinski definition) is 1. The van der Waals surface area contributed by atoms with E-state index < -0.39 is 0 Å². The van der Waals surface area contributed by atoms with Gasteiger partial charge >= 0.3 is 0 Å². The third kappa shape index (κ3) is 1.18. The molecule has 0 aliphatic carbocycles. The highest BCUT2D eigenvalue weighted by Crippen LogP contribution is 2.39. The largest absolute Gasteiger partial charge is 0.365 e. The molecule has 0 bridgehead atoms. The van der Waals surface area contributed by atoms with Crippen LogP contribution in [0, 0.1) is 0 Å². The molecular formula is C8H17NO. The van der Waals surface area contributed by atoms with Crippen molar-refractivity contribution in [3.05, 3.63) is 0 Å². The summed E-state index contributed by atoms with van der Waals surface area (Å²) in [7, 11) is 0. The topological polar surface area (TPSA) is 38.5 Å². The van der Waals surface area contributed by atoms with Gasteiger partial charge in [0.1, 0.15) is 5.60 Å². The average molecular weight is 143 g/mol. The van der Waals surface area contributed by atoms with Crippen molar-refractivity contribution in [2.75, 3.05) is 0 Å². The van der Waals surface area contributed by atoms with E-state index in [4.69, 9.17) is 10.5 Å². The zero-order valence-corrected chi connectivity index (χ0v) is 7.05. The van der Waals surface area contributed by atoms with E-state index in [0.29, 0.717) is 6.10 Å². The molecule has 1 saturated heterocycles. The van der Waals surface area contributed by atoms with Crippen LogP contribution in [0.25, 0.3) is 0 Å². The first-order valence-corrected chi connectivity index (χ1v) is 4.04. The monoisotopic (exact) mass is 143 g/mol. The van der Waals surface area contributed by atoms with Gasteiger partial charge in [-0.3, -0.25) is 0 Å². The van der Waals surface area contributed by atoms with Crippen molar-refractivity contribution in [2.24, 2.45) is 5.73 Å². The van der Waals surface area contributed by atoms with Crippen molar-refractivity contribution in [1.82, 2.24) is 0 Å². The number of rotatable bonds is 3. The maximum absolute atomic E-state index is 5.89. The zero-order chi connectivity index (χ0) is 7.78. The van der Waals surface area contributed by atoms with Crippen LogP contribution in [0.4, 0.5) is 0 Å². The summed E-state index contributed by atoms with van der Waals surface area (Å²) >= 11 is 0. The summed E-state index contributed by atoms with van der Waals surface area (Å²) in [5.74, 6) is 0. The van der Waals surface area contributed by atoms with Crippen molar-refractivity contribution in [2.45, 2.75) is 51.4 Å². The van der Waals surface area contributed by atoms with Gasteiger partial charge in [-0.2, -0.15) is 0 Å². The van der Waals surface area contributed by atoms with E-state index in [-0.39, 0.29) is 11.6 Å². The molecule has 1 heterocycles. The summed E-state index contributed by atoms with van der Waals surface area (Å²) in [6.45, 7) is 6.32. The summed E-state index contributed by atoms with van der Waals surface area (Å²) in [4.78, 5) is 0. The SMILES string of the molecule is CCCC(N)C1(C)OC1C. The Bertz CT molecular complexity index is 126. The second kappa shape index (κ2) is 2.51. The van der Waals surface area contributed by atoms with E-state index in [2.05, 4.69) is 20.8 Å². The van der Waals surface area contributed by atoms with Gasteiger partial charge in [-0.05, 0) is 20.3 Å². The molecule has 1 aliphatic heterocycles. The van der Waals surface area contributed by atoms with Crippen LogP contribution in [0.2, 0.25) is 0 Å². The molecule has 0 aromatic heterocycles. The molecule has 0 amide bonds. The minimum Gasteiger partial charge on any atom is -0.365 e. The Morgan fingerprint density at radius 1 is 1.70 bits per heavy atom. The zero-order valence-electron chi connectivity index (χ0n) is 7.05. The van der Waals surface area contributed by atoms with Gasteiger partial charge in [0.05, 0.1) is 6.10 Å². The fourth-order valence-electron chi connectivity index (χ4n) is 1.33. The van der Waals surface area contributed by atoms with Gasteiger partial charge in [-0.1, -0.05) is 13.3 Å². The van der Waals surface area contributed by atoms with Crippen molar-refractivity contribution < 1.29 is 4.74 Å². The van der Waals surface area contributed by atoms with Crippen molar-refractivity contribution in [1.29, 1.82) is 0 Å². The predicted molar refractivity (Wildman–Crippen MR) is 41.8 cm³/mol. The molecule has 0 spiro atoms. The number of hydrogen-bond acceptors (Lipinski definition) is 2. The molecule has 0 aromatic carbocycles. The minimum absolute atomic E-state index is 0.00396. The number of ether oxygens (including phenoxy) is 1. The Balaban J connectivity index is 2.34. The lowest BCUT2D eigenvalue weighted by molar-refractivity contribution is 0.268. The summed E-state index contributed by atoms with van der Waals surface area (Å²) in [6.07, 6.45) is 2.59. The molecule has 1 aliphatic rings. The van der Waals surface area contributed by atoms with Gasteiger partial charge in [0.25, 0.3) is 0 Å². The van der Waals surface area contributed by atoms with E-state index in [0.717, 1.165) is 12.8 Å². The van der Waals surface area contributed by atoms with E-state index in [1.807, 2.05) is 0 Å². The molecule has 2 heteroatoms.